The van der Waals surface area contributed by atoms with E-state index in [4.69, 9.17) is 19.4 Å². The molecule has 0 amide bonds. The molecule has 0 N–H and O–H groups in total. The molecular formula is C43H27N3O. The van der Waals surface area contributed by atoms with Crippen LogP contribution in [-0.2, 0) is 0 Å². The lowest BCUT2D eigenvalue weighted by molar-refractivity contribution is 0.669. The zero-order chi connectivity index (χ0) is 31.2. The number of para-hydroxylation sites is 1. The average molecular weight is 602 g/mol. The van der Waals surface area contributed by atoms with E-state index in [0.29, 0.717) is 5.82 Å². The van der Waals surface area contributed by atoms with Gasteiger partial charge in [0.2, 0.25) is 0 Å². The highest BCUT2D eigenvalue weighted by atomic mass is 16.3. The molecule has 0 unspecified atom stereocenters. The van der Waals surface area contributed by atoms with Gasteiger partial charge in [-0.2, -0.15) is 0 Å². The van der Waals surface area contributed by atoms with Crippen LogP contribution in [0.3, 0.4) is 0 Å². The molecule has 3 aromatic heterocycles. The predicted octanol–water partition coefficient (Wildman–Crippen LogP) is 11.3. The van der Waals surface area contributed by atoms with Crippen molar-refractivity contribution in [1.82, 2.24) is 15.0 Å². The number of benzene rings is 6. The Bertz CT molecular complexity index is 2480. The van der Waals surface area contributed by atoms with E-state index in [0.717, 1.165) is 83.3 Å². The number of nitrogens with zero attached hydrogens (tertiary/aromatic N) is 3. The second kappa shape index (κ2) is 11.2. The van der Waals surface area contributed by atoms with Crippen LogP contribution in [0, 0.1) is 0 Å². The molecule has 0 saturated heterocycles. The van der Waals surface area contributed by atoms with E-state index in [1.807, 2.05) is 66.7 Å². The smallest absolute Gasteiger partial charge is 0.162 e. The third-order valence-corrected chi connectivity index (χ3v) is 8.70. The Labute approximate surface area is 271 Å². The lowest BCUT2D eigenvalue weighted by Crippen LogP contribution is -1.96. The summed E-state index contributed by atoms with van der Waals surface area (Å²) < 4.78 is 6.53. The fraction of sp³-hybridized carbons (Fsp3) is 0. The van der Waals surface area contributed by atoms with E-state index < -0.39 is 0 Å². The van der Waals surface area contributed by atoms with E-state index >= 15 is 0 Å². The van der Waals surface area contributed by atoms with Gasteiger partial charge in [-0.25, -0.2) is 15.0 Å². The maximum atomic E-state index is 6.53. The van der Waals surface area contributed by atoms with Crippen LogP contribution in [0.15, 0.2) is 168 Å². The zero-order valence-corrected chi connectivity index (χ0v) is 25.3. The van der Waals surface area contributed by atoms with Crippen molar-refractivity contribution in [2.24, 2.45) is 0 Å². The summed E-state index contributed by atoms with van der Waals surface area (Å²) in [5.74, 6) is 0.703. The first-order valence-corrected chi connectivity index (χ1v) is 15.7. The topological polar surface area (TPSA) is 51.8 Å². The number of aromatic nitrogens is 3. The van der Waals surface area contributed by atoms with Gasteiger partial charge < -0.3 is 4.42 Å². The first kappa shape index (κ1) is 27.0. The van der Waals surface area contributed by atoms with Gasteiger partial charge in [0.25, 0.3) is 0 Å². The molecule has 4 heteroatoms. The second-order valence-electron chi connectivity index (χ2n) is 11.6. The molecule has 4 nitrogen and oxygen atoms in total. The molecular weight excluding hydrogens is 574 g/mol. The highest BCUT2D eigenvalue weighted by Gasteiger charge is 2.20. The van der Waals surface area contributed by atoms with Gasteiger partial charge in [0, 0.05) is 38.4 Å². The monoisotopic (exact) mass is 601 g/mol. The highest BCUT2D eigenvalue weighted by molar-refractivity contribution is 6.24. The predicted molar refractivity (Wildman–Crippen MR) is 192 cm³/mol. The molecule has 220 valence electrons. The molecule has 9 rings (SSSR count). The summed E-state index contributed by atoms with van der Waals surface area (Å²) in [6.07, 6.45) is 0. The van der Waals surface area contributed by atoms with Crippen LogP contribution >= 0.6 is 0 Å². The molecule has 9 aromatic rings. The molecule has 0 spiro atoms. The zero-order valence-electron chi connectivity index (χ0n) is 25.3. The van der Waals surface area contributed by atoms with Crippen molar-refractivity contribution in [2.75, 3.05) is 0 Å². The van der Waals surface area contributed by atoms with Crippen LogP contribution in [0.25, 0.3) is 89.1 Å². The second-order valence-corrected chi connectivity index (χ2v) is 11.6. The van der Waals surface area contributed by atoms with Gasteiger partial charge in [0.15, 0.2) is 11.4 Å². The van der Waals surface area contributed by atoms with E-state index in [1.165, 1.54) is 0 Å². The minimum atomic E-state index is 0.703. The number of hydrogen-bond acceptors (Lipinski definition) is 4. The highest BCUT2D eigenvalue weighted by Crippen LogP contribution is 2.43. The largest absolute Gasteiger partial charge is 0.454 e. The Morgan fingerprint density at radius 2 is 0.979 bits per heavy atom. The Balaban J connectivity index is 1.21. The summed E-state index contributed by atoms with van der Waals surface area (Å²) in [5, 5.41) is 3.25. The molecule has 0 aliphatic heterocycles. The Hall–Kier alpha value is -6.39. The van der Waals surface area contributed by atoms with Crippen molar-refractivity contribution in [1.29, 1.82) is 0 Å². The number of rotatable bonds is 5. The standard InChI is InChI=1S/C43H27N3O/c1-4-13-29(14-5-1)36-27-37(46-43(45-36)32-17-8-3-9-18-32)30-25-23-28(24-26-30)33-20-12-21-35-39(33)40-34-19-10-11-22-38(34)47-42(40)41(44-35)31-15-6-2-7-16-31/h1-27H. The summed E-state index contributed by atoms with van der Waals surface area (Å²) in [5.41, 5.74) is 11.5. The summed E-state index contributed by atoms with van der Waals surface area (Å²) >= 11 is 0. The fourth-order valence-electron chi connectivity index (χ4n) is 6.45. The fourth-order valence-corrected chi connectivity index (χ4v) is 6.45. The van der Waals surface area contributed by atoms with Crippen molar-refractivity contribution in [2.45, 2.75) is 0 Å². The molecule has 6 aromatic carbocycles. The van der Waals surface area contributed by atoms with Gasteiger partial charge in [0.1, 0.15) is 11.3 Å². The Kier molecular flexibility index (Phi) is 6.43. The van der Waals surface area contributed by atoms with Crippen LogP contribution in [0.1, 0.15) is 0 Å². The van der Waals surface area contributed by atoms with Gasteiger partial charge in [-0.15, -0.1) is 0 Å². The quantitative estimate of drug-likeness (QED) is 0.197. The molecule has 0 saturated carbocycles. The van der Waals surface area contributed by atoms with Crippen molar-refractivity contribution < 1.29 is 4.42 Å². The molecule has 0 aliphatic carbocycles. The first-order chi connectivity index (χ1) is 23.3. The van der Waals surface area contributed by atoms with Gasteiger partial charge in [-0.1, -0.05) is 146 Å². The van der Waals surface area contributed by atoms with Crippen LogP contribution < -0.4 is 0 Å². The van der Waals surface area contributed by atoms with E-state index in [-0.39, 0.29) is 0 Å². The summed E-state index contributed by atoms with van der Waals surface area (Å²) in [6.45, 7) is 0. The number of pyridine rings is 1. The minimum absolute atomic E-state index is 0.703. The summed E-state index contributed by atoms with van der Waals surface area (Å²) in [4.78, 5) is 15.2. The number of fused-ring (bicyclic) bond motifs is 5. The first-order valence-electron chi connectivity index (χ1n) is 15.7. The molecule has 47 heavy (non-hydrogen) atoms. The van der Waals surface area contributed by atoms with Crippen molar-refractivity contribution in [3.8, 4) is 56.3 Å². The Morgan fingerprint density at radius 3 is 1.68 bits per heavy atom. The molecule has 3 heterocycles. The third kappa shape index (κ3) is 4.75. The summed E-state index contributed by atoms with van der Waals surface area (Å²) in [7, 11) is 0. The number of hydrogen-bond donors (Lipinski definition) is 0. The third-order valence-electron chi connectivity index (χ3n) is 8.70. The molecule has 0 fully saturated rings. The molecule has 0 bridgehead atoms. The molecule has 0 atom stereocenters. The van der Waals surface area contributed by atoms with Crippen molar-refractivity contribution >= 4 is 32.8 Å². The van der Waals surface area contributed by atoms with Gasteiger partial charge in [-0.05, 0) is 29.3 Å². The van der Waals surface area contributed by atoms with Gasteiger partial charge >= 0.3 is 0 Å². The number of furan rings is 1. The Morgan fingerprint density at radius 1 is 0.404 bits per heavy atom. The van der Waals surface area contributed by atoms with Crippen LogP contribution in [-0.4, -0.2) is 15.0 Å². The lowest BCUT2D eigenvalue weighted by Gasteiger charge is -2.12. The van der Waals surface area contributed by atoms with Crippen LogP contribution in [0.2, 0.25) is 0 Å². The van der Waals surface area contributed by atoms with Crippen molar-refractivity contribution in [3.63, 3.8) is 0 Å². The molecule has 0 radical (unpaired) electrons. The van der Waals surface area contributed by atoms with Crippen LogP contribution in [0.5, 0.6) is 0 Å². The van der Waals surface area contributed by atoms with E-state index in [1.54, 1.807) is 0 Å². The van der Waals surface area contributed by atoms with Crippen LogP contribution in [0.4, 0.5) is 0 Å². The normalized spacial score (nSPS) is 11.4. The molecule has 0 aliphatic rings. The van der Waals surface area contributed by atoms with Crippen molar-refractivity contribution in [3.05, 3.63) is 164 Å². The maximum absolute atomic E-state index is 6.53. The summed E-state index contributed by atoms with van der Waals surface area (Å²) in [6, 6.07) is 56.0. The van der Waals surface area contributed by atoms with Gasteiger partial charge in [0.05, 0.1) is 16.9 Å². The van der Waals surface area contributed by atoms with Gasteiger partial charge in [-0.3, -0.25) is 0 Å². The van der Waals surface area contributed by atoms with E-state index in [9.17, 15) is 0 Å². The SMILES string of the molecule is c1ccc(-c2cc(-c3ccc(-c4cccc5nc(-c6ccccc6)c6oc7ccccc7c6c45)cc3)nc(-c3ccccc3)n2)cc1. The maximum Gasteiger partial charge on any atom is 0.162 e. The van der Waals surface area contributed by atoms with E-state index in [2.05, 4.69) is 97.1 Å². The minimum Gasteiger partial charge on any atom is -0.454 e. The average Bonchev–Trinajstić information content (AvgIpc) is 3.55. The lowest BCUT2D eigenvalue weighted by atomic mass is 9.94.